The Labute approximate surface area is 397 Å². The number of fused-ring (bicyclic) bond motifs is 1. The van der Waals surface area contributed by atoms with Crippen molar-refractivity contribution in [3.05, 3.63) is 48.3 Å². The highest BCUT2D eigenvalue weighted by molar-refractivity contribution is 7.18. The zero-order valence-corrected chi connectivity index (χ0v) is 41.3. The van der Waals surface area contributed by atoms with Crippen LogP contribution in [0.2, 0.25) is 0 Å². The van der Waals surface area contributed by atoms with E-state index in [9.17, 15) is 24.3 Å². The second kappa shape index (κ2) is 22.2. The zero-order valence-electron chi connectivity index (χ0n) is 40.5. The second-order valence-corrected chi connectivity index (χ2v) is 20.1. The quantitative estimate of drug-likeness (QED) is 0.0869. The number of carbonyl (C=O) groups is 4. The number of methoxy groups -OCH3 is 1. The average molecular weight is 955 g/mol. The average Bonchev–Trinajstić information content (AvgIpc) is 4.03. The highest BCUT2D eigenvalue weighted by Gasteiger charge is 2.59. The van der Waals surface area contributed by atoms with Crippen LogP contribution in [0.1, 0.15) is 90.9 Å². The smallest absolute Gasteiger partial charge is 0.410 e. The lowest BCUT2D eigenvalue weighted by atomic mass is 9.78. The molecule has 4 N–H and O–H groups in total. The molecule has 0 saturated carbocycles. The number of amides is 1. The summed E-state index contributed by atoms with van der Waals surface area (Å²) in [5.41, 5.74) is 4.44. The number of carbonyl (C=O) groups excluding carboxylic acids is 4. The number of hydrogen-bond donors (Lipinski definition) is 3. The molecule has 1 amide bonds. The Balaban J connectivity index is 1.22. The molecule has 3 aliphatic heterocycles. The number of hydrogen-bond acceptors (Lipinski definition) is 18. The van der Waals surface area contributed by atoms with Gasteiger partial charge >= 0.3 is 18.0 Å². The summed E-state index contributed by atoms with van der Waals surface area (Å²) in [5, 5.41) is 24.4. The number of cyclic esters (lactones) is 1. The number of nitrogen functional groups attached to an aromatic ring is 1. The minimum Gasteiger partial charge on any atom is -0.459 e. The predicted octanol–water partition coefficient (Wildman–Crippen LogP) is 4.58. The van der Waals surface area contributed by atoms with Gasteiger partial charge in [-0.1, -0.05) is 55.5 Å². The van der Waals surface area contributed by atoms with Crippen LogP contribution >= 0.6 is 11.3 Å². The van der Waals surface area contributed by atoms with E-state index in [1.807, 2.05) is 52.0 Å². The molecule has 3 fully saturated rings. The maximum absolute atomic E-state index is 14.6. The lowest BCUT2D eigenvalue weighted by Crippen LogP contribution is -2.61. The summed E-state index contributed by atoms with van der Waals surface area (Å²) >= 11 is 1.33. The molecule has 1 aromatic carbocycles. The van der Waals surface area contributed by atoms with Crippen LogP contribution in [0, 0.1) is 17.8 Å². The number of ketones is 1. The third kappa shape index (κ3) is 11.8. The zero-order chi connectivity index (χ0) is 48.8. The highest BCUT2D eigenvalue weighted by atomic mass is 32.1. The minimum absolute atomic E-state index is 0.0909. The van der Waals surface area contributed by atoms with E-state index < -0.39 is 89.6 Å². The van der Waals surface area contributed by atoms with Gasteiger partial charge in [0.2, 0.25) is 0 Å². The van der Waals surface area contributed by atoms with Crippen molar-refractivity contribution in [2.75, 3.05) is 46.6 Å². The molecule has 3 unspecified atom stereocenters. The molecule has 0 spiro atoms. The summed E-state index contributed by atoms with van der Waals surface area (Å²) in [4.78, 5) is 64.1. The van der Waals surface area contributed by atoms with E-state index in [2.05, 4.69) is 27.5 Å². The van der Waals surface area contributed by atoms with Gasteiger partial charge in [0.1, 0.15) is 30.4 Å². The second-order valence-electron chi connectivity index (χ2n) is 19.0. The molecule has 3 saturated heterocycles. The Kier molecular flexibility index (Phi) is 17.2. The number of aryl methyl sites for hydroxylation is 1. The Bertz CT molecular complexity index is 2140. The van der Waals surface area contributed by atoms with E-state index in [1.54, 1.807) is 61.0 Å². The van der Waals surface area contributed by atoms with Crippen LogP contribution in [0.3, 0.4) is 0 Å². The maximum atomic E-state index is 14.6. The Hall–Kier alpha value is -4.57. The van der Waals surface area contributed by atoms with Gasteiger partial charge in [-0.2, -0.15) is 0 Å². The van der Waals surface area contributed by atoms with Crippen molar-refractivity contribution in [1.29, 1.82) is 0 Å². The van der Waals surface area contributed by atoms with E-state index >= 15 is 0 Å². The number of esters is 2. The number of aliphatic hydroxyl groups is 1. The number of ether oxygens (including phenoxy) is 6. The molecule has 0 radical (unpaired) electrons. The topological polar surface area (TPSA) is 232 Å². The van der Waals surface area contributed by atoms with Gasteiger partial charge in [0.05, 0.1) is 40.5 Å². The largest absolute Gasteiger partial charge is 0.459 e. The summed E-state index contributed by atoms with van der Waals surface area (Å²) in [6.45, 7) is 14.0. The van der Waals surface area contributed by atoms with E-state index in [0.717, 1.165) is 4.88 Å². The number of benzene rings is 1. The number of unbranched alkanes of at least 4 members (excludes halogenated alkanes) is 1. The van der Waals surface area contributed by atoms with Gasteiger partial charge in [0, 0.05) is 44.4 Å². The maximum Gasteiger partial charge on any atom is 0.410 e. The van der Waals surface area contributed by atoms with E-state index in [4.69, 9.17) is 34.2 Å². The molecule has 5 heterocycles. The van der Waals surface area contributed by atoms with Crippen LogP contribution < -0.4 is 11.1 Å². The standard InChI is InChI=1S/C47H70N8O11S/c1-11-36-47(7)39(55(45(60)66-47)20-16-15-19-54-25-33(51-52-54)35-24-50-44(48)67-35)30(5)49-23-27(2)22-46(6,61-10)40(28(3)37(56)29(4)41(58)64-36)65-43-38(57)34(53(8)9)21-32(63-43)26-62-42(59)31-17-13-12-14-18-31/h12-14,17-18,24-25,27-30,32,34,36,38-40,43,49,57H,11,15-16,19-23,26H2,1-10H3,(H2,48,50)/t27-,28+,29-,30-,32?,34?,36-,38?,39-,40-,43+,46-,47-/m1/s1. The number of aliphatic hydroxyl groups excluding tert-OH is 1. The molecule has 2 aromatic heterocycles. The van der Waals surface area contributed by atoms with Gasteiger partial charge in [-0.25, -0.2) is 14.6 Å². The van der Waals surface area contributed by atoms with Crippen LogP contribution in [0.4, 0.5) is 9.93 Å². The van der Waals surface area contributed by atoms with Crippen LogP contribution in [0.25, 0.3) is 10.6 Å². The third-order valence-corrected chi connectivity index (χ3v) is 14.6. The van der Waals surface area contributed by atoms with E-state index in [0.29, 0.717) is 68.1 Å². The molecule has 13 atom stereocenters. The third-order valence-electron chi connectivity index (χ3n) is 13.7. The van der Waals surface area contributed by atoms with Crippen molar-refractivity contribution in [1.82, 2.24) is 35.1 Å². The molecule has 0 aliphatic carbocycles. The van der Waals surface area contributed by atoms with Crippen LogP contribution in [0.5, 0.6) is 0 Å². The number of nitrogens with one attached hydrogen (secondary N) is 1. The molecule has 19 nitrogen and oxygen atoms in total. The molecular weight excluding hydrogens is 885 g/mol. The predicted molar refractivity (Wildman–Crippen MR) is 249 cm³/mol. The van der Waals surface area contributed by atoms with Crippen LogP contribution in [0.15, 0.2) is 42.7 Å². The van der Waals surface area contributed by atoms with Gasteiger partial charge in [-0.05, 0) is 98.5 Å². The number of rotatable bonds is 14. The fourth-order valence-corrected chi connectivity index (χ4v) is 10.6. The lowest BCUT2D eigenvalue weighted by molar-refractivity contribution is -0.300. The van der Waals surface area contributed by atoms with Crippen LogP contribution in [-0.4, -0.2) is 160 Å². The summed E-state index contributed by atoms with van der Waals surface area (Å²) in [6.07, 6.45) is 0.283. The Morgan fingerprint density at radius 3 is 2.46 bits per heavy atom. The van der Waals surface area contributed by atoms with Crippen molar-refractivity contribution < 1.29 is 52.7 Å². The van der Waals surface area contributed by atoms with Crippen LogP contribution in [-0.2, 0) is 44.6 Å². The molecule has 0 bridgehead atoms. The first-order valence-corrected chi connectivity index (χ1v) is 24.1. The summed E-state index contributed by atoms with van der Waals surface area (Å²) in [6, 6.07) is 7.27. The lowest BCUT2D eigenvalue weighted by Gasteiger charge is -2.47. The van der Waals surface area contributed by atoms with Crippen molar-refractivity contribution in [2.45, 2.75) is 147 Å². The molecule has 67 heavy (non-hydrogen) atoms. The fraction of sp³-hybridized carbons (Fsp3) is 0.681. The summed E-state index contributed by atoms with van der Waals surface area (Å²) in [7, 11) is 5.21. The number of likely N-dealkylation sites (N-methyl/N-ethyl adjacent to an activating group) is 1. The summed E-state index contributed by atoms with van der Waals surface area (Å²) in [5.74, 6) is -4.07. The van der Waals surface area contributed by atoms with Gasteiger partial charge in [-0.3, -0.25) is 19.2 Å². The first-order chi connectivity index (χ1) is 31.8. The summed E-state index contributed by atoms with van der Waals surface area (Å²) < 4.78 is 39.3. The SMILES string of the molecule is CC[C@H]1OC(=O)[C@H](C)C(=O)[C@H](C)[C@@H](O[C@@H]2OC(COC(=O)c3ccccc3)CC(N(C)C)C2O)[C@](C)(OC)C[C@@H](C)CN[C@H](C)[C@H]2N(CCCCn3cc(-c4cnc(N)s4)nn3)C(=O)O[C@]12C. The molecule has 6 rings (SSSR count). The number of aromatic nitrogens is 4. The molecular formula is C47H70N8O11S. The first-order valence-electron chi connectivity index (χ1n) is 23.3. The normalized spacial score (nSPS) is 33.4. The highest BCUT2D eigenvalue weighted by Crippen LogP contribution is 2.40. The minimum atomic E-state index is -1.28. The number of thiazole rings is 1. The van der Waals surface area contributed by atoms with Crippen molar-refractivity contribution in [2.24, 2.45) is 17.8 Å². The Morgan fingerprint density at radius 1 is 1.09 bits per heavy atom. The van der Waals surface area contributed by atoms with Gasteiger partial charge < -0.3 is 49.5 Å². The number of nitrogens with zero attached hydrogens (tertiary/aromatic N) is 6. The fourth-order valence-electron chi connectivity index (χ4n) is 9.96. The van der Waals surface area contributed by atoms with Crippen molar-refractivity contribution >= 4 is 40.3 Å². The van der Waals surface area contributed by atoms with Gasteiger partial charge in [-0.15, -0.1) is 5.10 Å². The number of Topliss-reactive ketones (excluding diaryl/α,β-unsaturated/α-hetero) is 1. The molecule has 3 aliphatic rings. The Morgan fingerprint density at radius 2 is 1.81 bits per heavy atom. The monoisotopic (exact) mass is 954 g/mol. The van der Waals surface area contributed by atoms with E-state index in [1.165, 1.54) is 18.3 Å². The van der Waals surface area contributed by atoms with Gasteiger partial charge in [0.25, 0.3) is 0 Å². The number of nitrogens with two attached hydrogens (primary N) is 1. The molecule has 370 valence electrons. The number of anilines is 1. The van der Waals surface area contributed by atoms with Crippen molar-refractivity contribution in [3.8, 4) is 10.6 Å². The van der Waals surface area contributed by atoms with Crippen molar-refractivity contribution in [3.63, 3.8) is 0 Å². The first kappa shape index (κ1) is 51.8. The van der Waals surface area contributed by atoms with E-state index in [-0.39, 0.29) is 18.6 Å². The van der Waals surface area contributed by atoms with Gasteiger partial charge in [0.15, 0.2) is 22.8 Å². The molecule has 20 heteroatoms. The molecule has 3 aromatic rings.